The number of sulfonamides is 1. The number of pyridine rings is 1. The molecule has 0 aliphatic heterocycles. The first-order valence-corrected chi connectivity index (χ1v) is 12.8. The van der Waals surface area contributed by atoms with E-state index < -0.39 is 10.0 Å². The van der Waals surface area contributed by atoms with Crippen molar-refractivity contribution in [3.8, 4) is 0 Å². The summed E-state index contributed by atoms with van der Waals surface area (Å²) in [4.78, 5) is 6.49. The highest BCUT2D eigenvalue weighted by molar-refractivity contribution is 9.10. The Morgan fingerprint density at radius 2 is 1.73 bits per heavy atom. The maximum atomic E-state index is 13.0. The average Bonchev–Trinajstić information content (AvgIpc) is 2.84. The van der Waals surface area contributed by atoms with E-state index in [0.717, 1.165) is 21.1 Å². The van der Waals surface area contributed by atoms with Crippen LogP contribution in [0.4, 0.5) is 5.69 Å². The predicted octanol–water partition coefficient (Wildman–Crippen LogP) is 5.50. The molecule has 0 bridgehead atoms. The third-order valence-corrected chi connectivity index (χ3v) is 7.28. The molecule has 0 aliphatic carbocycles. The molecule has 7 heteroatoms. The molecule has 0 radical (unpaired) electrons. The lowest BCUT2D eigenvalue weighted by Crippen LogP contribution is -2.35. The van der Waals surface area contributed by atoms with Crippen molar-refractivity contribution in [2.75, 3.05) is 24.5 Å². The van der Waals surface area contributed by atoms with Gasteiger partial charge in [0, 0.05) is 53.0 Å². The molecular formula is C26H24BrN3O2S. The van der Waals surface area contributed by atoms with Gasteiger partial charge in [0.2, 0.25) is 10.0 Å². The van der Waals surface area contributed by atoms with Crippen molar-refractivity contribution in [2.45, 2.75) is 4.90 Å². The van der Waals surface area contributed by atoms with Gasteiger partial charge in [-0.2, -0.15) is 0 Å². The Balaban J connectivity index is 1.48. The largest absolute Gasteiger partial charge is 0.366 e. The van der Waals surface area contributed by atoms with Crippen LogP contribution in [-0.2, 0) is 10.0 Å². The lowest BCUT2D eigenvalue weighted by molar-refractivity contribution is 0.582. The summed E-state index contributed by atoms with van der Waals surface area (Å²) < 4.78 is 29.8. The highest BCUT2D eigenvalue weighted by Crippen LogP contribution is 2.22. The van der Waals surface area contributed by atoms with Gasteiger partial charge in [-0.1, -0.05) is 70.5 Å². The molecule has 0 aliphatic rings. The quantitative estimate of drug-likeness (QED) is 0.316. The van der Waals surface area contributed by atoms with E-state index in [1.54, 1.807) is 30.6 Å². The maximum absolute atomic E-state index is 13.0. The lowest BCUT2D eigenvalue weighted by atomic mass is 10.2. The Hall–Kier alpha value is -3.00. The predicted molar refractivity (Wildman–Crippen MR) is 139 cm³/mol. The Kier molecular flexibility index (Phi) is 7.54. The minimum Gasteiger partial charge on any atom is -0.366 e. The van der Waals surface area contributed by atoms with Gasteiger partial charge in [-0.05, 0) is 42.0 Å². The summed E-state index contributed by atoms with van der Waals surface area (Å²) in [7, 11) is -3.66. The highest BCUT2D eigenvalue weighted by atomic mass is 79.9. The van der Waals surface area contributed by atoms with E-state index in [4.69, 9.17) is 0 Å². The minimum atomic E-state index is -3.66. The molecule has 0 atom stereocenters. The van der Waals surface area contributed by atoms with Crippen LogP contribution in [0, 0.1) is 0 Å². The summed E-state index contributed by atoms with van der Waals surface area (Å²) in [5, 5.41) is 1.46. The molecule has 1 aromatic heterocycles. The van der Waals surface area contributed by atoms with Crippen LogP contribution in [0.25, 0.3) is 16.8 Å². The smallest absolute Gasteiger partial charge is 0.241 e. The van der Waals surface area contributed by atoms with E-state index in [2.05, 4.69) is 42.7 Å². The fourth-order valence-electron chi connectivity index (χ4n) is 3.58. The Morgan fingerprint density at radius 3 is 2.52 bits per heavy atom. The number of aromatic nitrogens is 1. The molecule has 0 spiro atoms. The van der Waals surface area contributed by atoms with Crippen molar-refractivity contribution < 1.29 is 8.42 Å². The van der Waals surface area contributed by atoms with Gasteiger partial charge < -0.3 is 4.90 Å². The fourth-order valence-corrected chi connectivity index (χ4v) is 5.09. The molecule has 0 saturated heterocycles. The molecule has 4 rings (SSSR count). The summed E-state index contributed by atoms with van der Waals surface area (Å²) in [6.45, 7) is 1.45. The normalized spacial score (nSPS) is 11.8. The molecular weight excluding hydrogens is 498 g/mol. The van der Waals surface area contributed by atoms with Gasteiger partial charge in [0.15, 0.2) is 0 Å². The third kappa shape index (κ3) is 6.07. The summed E-state index contributed by atoms with van der Waals surface area (Å²) in [5.41, 5.74) is 2.14. The minimum absolute atomic E-state index is 0.265. The topological polar surface area (TPSA) is 62.3 Å². The van der Waals surface area contributed by atoms with Crippen LogP contribution in [0.15, 0.2) is 107 Å². The SMILES string of the molecule is O=S(=O)(NCCN(CC=Cc1ccccc1)c1ccc(Br)cc1)c1cccc2cnccc12. The van der Waals surface area contributed by atoms with Crippen LogP contribution >= 0.6 is 15.9 Å². The zero-order valence-corrected chi connectivity index (χ0v) is 20.3. The number of anilines is 1. The fraction of sp³-hybridized carbons (Fsp3) is 0.115. The molecule has 0 unspecified atom stereocenters. The van der Waals surface area contributed by atoms with Crippen molar-refractivity contribution in [1.82, 2.24) is 9.71 Å². The molecule has 4 aromatic rings. The number of rotatable bonds is 9. The van der Waals surface area contributed by atoms with Crippen molar-refractivity contribution in [3.05, 3.63) is 107 Å². The first kappa shape index (κ1) is 23.2. The third-order valence-electron chi connectivity index (χ3n) is 5.23. The zero-order valence-electron chi connectivity index (χ0n) is 17.9. The summed E-state index contributed by atoms with van der Waals surface area (Å²) in [5.74, 6) is 0. The van der Waals surface area contributed by atoms with Crippen molar-refractivity contribution in [1.29, 1.82) is 0 Å². The molecule has 1 heterocycles. The van der Waals surface area contributed by atoms with Gasteiger partial charge in [-0.25, -0.2) is 13.1 Å². The maximum Gasteiger partial charge on any atom is 0.241 e. The Labute approximate surface area is 203 Å². The first-order chi connectivity index (χ1) is 16.0. The van der Waals surface area contributed by atoms with E-state index in [1.165, 1.54) is 0 Å². The summed E-state index contributed by atoms with van der Waals surface area (Å²) >= 11 is 3.47. The number of halogens is 1. The van der Waals surface area contributed by atoms with Gasteiger partial charge >= 0.3 is 0 Å². The standard InChI is InChI=1S/C26H24BrN3O2S/c27-23-11-13-24(14-12-23)30(18-5-8-21-6-2-1-3-7-21)19-17-29-33(31,32)26-10-4-9-22-20-28-16-15-25(22)26/h1-16,20,29H,17-19H2. The van der Waals surface area contributed by atoms with Crippen LogP contribution in [0.1, 0.15) is 5.56 Å². The van der Waals surface area contributed by atoms with Gasteiger partial charge in [-0.15, -0.1) is 0 Å². The van der Waals surface area contributed by atoms with Gasteiger partial charge in [0.05, 0.1) is 4.90 Å². The number of fused-ring (bicyclic) bond motifs is 1. The monoisotopic (exact) mass is 521 g/mol. The zero-order chi connectivity index (χ0) is 23.1. The van der Waals surface area contributed by atoms with E-state index in [9.17, 15) is 8.42 Å². The van der Waals surface area contributed by atoms with Gasteiger partial charge in [-0.3, -0.25) is 4.98 Å². The van der Waals surface area contributed by atoms with Crippen LogP contribution in [0.3, 0.4) is 0 Å². The van der Waals surface area contributed by atoms with E-state index in [1.807, 2.05) is 60.7 Å². The molecule has 168 valence electrons. The number of hydrogen-bond donors (Lipinski definition) is 1. The van der Waals surface area contributed by atoms with Crippen LogP contribution in [0.5, 0.6) is 0 Å². The first-order valence-electron chi connectivity index (χ1n) is 10.6. The second-order valence-corrected chi connectivity index (χ2v) is 10.1. The van der Waals surface area contributed by atoms with Gasteiger partial charge in [0.1, 0.15) is 0 Å². The molecule has 0 fully saturated rings. The van der Waals surface area contributed by atoms with Crippen LogP contribution < -0.4 is 9.62 Å². The molecule has 5 nitrogen and oxygen atoms in total. The van der Waals surface area contributed by atoms with Gasteiger partial charge in [0.25, 0.3) is 0 Å². The number of nitrogens with one attached hydrogen (secondary N) is 1. The van der Waals surface area contributed by atoms with Crippen molar-refractivity contribution >= 4 is 48.5 Å². The molecule has 0 amide bonds. The average molecular weight is 522 g/mol. The lowest BCUT2D eigenvalue weighted by Gasteiger charge is -2.24. The van der Waals surface area contributed by atoms with Crippen molar-refractivity contribution in [3.63, 3.8) is 0 Å². The Bertz CT molecular complexity index is 1340. The molecule has 3 aromatic carbocycles. The van der Waals surface area contributed by atoms with Crippen molar-refractivity contribution in [2.24, 2.45) is 0 Å². The second-order valence-electron chi connectivity index (χ2n) is 7.49. The van der Waals surface area contributed by atoms with E-state index in [0.29, 0.717) is 18.5 Å². The molecule has 1 N–H and O–H groups in total. The summed E-state index contributed by atoms with van der Waals surface area (Å²) in [6, 6.07) is 25.1. The highest BCUT2D eigenvalue weighted by Gasteiger charge is 2.17. The number of nitrogens with zero attached hydrogens (tertiary/aromatic N) is 2. The number of hydrogen-bond acceptors (Lipinski definition) is 4. The Morgan fingerprint density at radius 1 is 0.939 bits per heavy atom. The molecule has 33 heavy (non-hydrogen) atoms. The number of benzene rings is 3. The van der Waals surface area contributed by atoms with E-state index in [-0.39, 0.29) is 11.4 Å². The second kappa shape index (κ2) is 10.7. The van der Waals surface area contributed by atoms with Crippen LogP contribution in [0.2, 0.25) is 0 Å². The van der Waals surface area contributed by atoms with Crippen LogP contribution in [-0.4, -0.2) is 33.0 Å². The molecule has 0 saturated carbocycles. The van der Waals surface area contributed by atoms with E-state index >= 15 is 0 Å². The summed E-state index contributed by atoms with van der Waals surface area (Å²) in [6.07, 6.45) is 7.43.